The molecule has 14 heavy (non-hydrogen) atoms. The van der Waals surface area contributed by atoms with Crippen LogP contribution in [-0.4, -0.2) is 17.3 Å². The van der Waals surface area contributed by atoms with Gasteiger partial charge in [-0.05, 0) is 46.1 Å². The molecule has 0 aromatic heterocycles. The zero-order chi connectivity index (χ0) is 11.6. The average Bonchev–Trinajstić information content (AvgIpc) is 1.98. The predicted molar refractivity (Wildman–Crippen MR) is 64.3 cm³/mol. The van der Waals surface area contributed by atoms with Crippen LogP contribution in [0, 0.1) is 5.92 Å². The molecule has 2 nitrogen and oxygen atoms in total. The number of rotatable bonds is 5. The Morgan fingerprint density at radius 3 is 1.93 bits per heavy atom. The van der Waals surface area contributed by atoms with Crippen LogP contribution in [0.5, 0.6) is 0 Å². The van der Waals surface area contributed by atoms with E-state index in [1.807, 2.05) is 0 Å². The molecule has 2 heteroatoms. The first kappa shape index (κ1) is 16.4. The average molecular weight is 203 g/mol. The molecule has 88 valence electrons. The largest absolute Gasteiger partial charge is 0.391 e. The van der Waals surface area contributed by atoms with Gasteiger partial charge >= 0.3 is 0 Å². The monoisotopic (exact) mass is 203 g/mol. The first-order valence-electron chi connectivity index (χ1n) is 5.73. The Morgan fingerprint density at radius 1 is 1.21 bits per heavy atom. The molecule has 0 aromatic rings. The summed E-state index contributed by atoms with van der Waals surface area (Å²) < 4.78 is 0. The molecule has 1 unspecified atom stereocenters. The molecular weight excluding hydrogens is 174 g/mol. The van der Waals surface area contributed by atoms with Gasteiger partial charge in [0.25, 0.3) is 0 Å². The highest BCUT2D eigenvalue weighted by atomic mass is 16.3. The Labute approximate surface area is 89.9 Å². The van der Waals surface area contributed by atoms with Gasteiger partial charge < -0.3 is 10.8 Å². The van der Waals surface area contributed by atoms with Gasteiger partial charge in [0, 0.05) is 0 Å². The van der Waals surface area contributed by atoms with Crippen LogP contribution in [0.4, 0.5) is 0 Å². The number of hydrogen-bond acceptors (Lipinski definition) is 2. The van der Waals surface area contributed by atoms with Crippen molar-refractivity contribution < 1.29 is 5.11 Å². The SMILES string of the molecule is CC(C)(C)O.CCCC(C)CCCN. The highest BCUT2D eigenvalue weighted by Crippen LogP contribution is 2.10. The molecule has 0 rings (SSSR count). The lowest BCUT2D eigenvalue weighted by Crippen LogP contribution is -2.10. The van der Waals surface area contributed by atoms with Crippen molar-refractivity contribution in [3.05, 3.63) is 0 Å². The topological polar surface area (TPSA) is 46.2 Å². The Balaban J connectivity index is 0. The Bertz CT molecular complexity index is 101. The van der Waals surface area contributed by atoms with Gasteiger partial charge in [0.15, 0.2) is 0 Å². The van der Waals surface area contributed by atoms with Crippen LogP contribution >= 0.6 is 0 Å². The second kappa shape index (κ2) is 9.47. The van der Waals surface area contributed by atoms with E-state index in [0.29, 0.717) is 0 Å². The summed E-state index contributed by atoms with van der Waals surface area (Å²) in [6.45, 7) is 10.6. The second-order valence-electron chi connectivity index (χ2n) is 5.00. The molecule has 0 saturated heterocycles. The highest BCUT2D eigenvalue weighted by molar-refractivity contribution is 4.52. The lowest BCUT2D eigenvalue weighted by atomic mass is 10.0. The summed E-state index contributed by atoms with van der Waals surface area (Å²) in [4.78, 5) is 0. The van der Waals surface area contributed by atoms with Crippen molar-refractivity contribution in [2.24, 2.45) is 11.7 Å². The summed E-state index contributed by atoms with van der Waals surface area (Å²) in [5.74, 6) is 0.888. The van der Waals surface area contributed by atoms with Gasteiger partial charge in [0.2, 0.25) is 0 Å². The molecule has 1 atom stereocenters. The predicted octanol–water partition coefficient (Wildman–Crippen LogP) is 2.94. The number of hydrogen-bond donors (Lipinski definition) is 2. The zero-order valence-electron chi connectivity index (χ0n) is 10.6. The van der Waals surface area contributed by atoms with Gasteiger partial charge in [-0.3, -0.25) is 0 Å². The van der Waals surface area contributed by atoms with Crippen LogP contribution in [-0.2, 0) is 0 Å². The van der Waals surface area contributed by atoms with Crippen molar-refractivity contribution in [1.82, 2.24) is 0 Å². The Kier molecular flexibility index (Phi) is 11.1. The van der Waals surface area contributed by atoms with E-state index in [2.05, 4.69) is 13.8 Å². The van der Waals surface area contributed by atoms with Gasteiger partial charge in [0.05, 0.1) is 5.60 Å². The minimum Gasteiger partial charge on any atom is -0.391 e. The minimum absolute atomic E-state index is 0.500. The molecule has 0 aromatic carbocycles. The van der Waals surface area contributed by atoms with E-state index in [1.165, 1.54) is 25.7 Å². The van der Waals surface area contributed by atoms with Crippen molar-refractivity contribution in [1.29, 1.82) is 0 Å². The van der Waals surface area contributed by atoms with Crippen molar-refractivity contribution in [2.45, 2.75) is 65.9 Å². The number of nitrogens with two attached hydrogens (primary N) is 1. The molecular formula is C12H29NO. The molecule has 0 aliphatic heterocycles. The van der Waals surface area contributed by atoms with E-state index in [0.717, 1.165) is 12.5 Å². The highest BCUT2D eigenvalue weighted by Gasteiger charge is 1.98. The van der Waals surface area contributed by atoms with Gasteiger partial charge in [-0.2, -0.15) is 0 Å². The maximum absolute atomic E-state index is 8.52. The molecule has 0 spiro atoms. The molecule has 0 bridgehead atoms. The summed E-state index contributed by atoms with van der Waals surface area (Å²) in [7, 11) is 0. The van der Waals surface area contributed by atoms with Crippen LogP contribution in [0.15, 0.2) is 0 Å². The molecule has 0 aliphatic rings. The Morgan fingerprint density at radius 2 is 1.64 bits per heavy atom. The van der Waals surface area contributed by atoms with Crippen LogP contribution < -0.4 is 5.73 Å². The van der Waals surface area contributed by atoms with Gasteiger partial charge in [-0.25, -0.2) is 0 Å². The summed E-state index contributed by atoms with van der Waals surface area (Å²) in [6.07, 6.45) is 5.18. The lowest BCUT2D eigenvalue weighted by molar-refractivity contribution is 0.102. The van der Waals surface area contributed by atoms with E-state index < -0.39 is 5.60 Å². The van der Waals surface area contributed by atoms with Crippen molar-refractivity contribution in [3.63, 3.8) is 0 Å². The fourth-order valence-electron chi connectivity index (χ4n) is 1.10. The third-order valence-electron chi connectivity index (χ3n) is 1.68. The van der Waals surface area contributed by atoms with E-state index in [9.17, 15) is 0 Å². The van der Waals surface area contributed by atoms with Crippen molar-refractivity contribution in [2.75, 3.05) is 6.54 Å². The fraction of sp³-hybridized carbons (Fsp3) is 1.00. The quantitative estimate of drug-likeness (QED) is 0.721. The van der Waals surface area contributed by atoms with E-state index in [1.54, 1.807) is 20.8 Å². The van der Waals surface area contributed by atoms with E-state index in [-0.39, 0.29) is 0 Å². The molecule has 0 radical (unpaired) electrons. The second-order valence-corrected chi connectivity index (χ2v) is 5.00. The Hall–Kier alpha value is -0.0800. The maximum Gasteiger partial charge on any atom is 0.0563 e. The van der Waals surface area contributed by atoms with Crippen LogP contribution in [0.1, 0.15) is 60.3 Å². The zero-order valence-corrected chi connectivity index (χ0v) is 10.6. The first-order chi connectivity index (χ1) is 6.31. The summed E-state index contributed by atoms with van der Waals surface area (Å²) in [5.41, 5.74) is 4.87. The van der Waals surface area contributed by atoms with Gasteiger partial charge in [-0.1, -0.05) is 26.7 Å². The van der Waals surface area contributed by atoms with Gasteiger partial charge in [0.1, 0.15) is 0 Å². The van der Waals surface area contributed by atoms with Crippen molar-refractivity contribution in [3.8, 4) is 0 Å². The molecule has 0 heterocycles. The normalized spacial score (nSPS) is 13.1. The molecule has 0 saturated carbocycles. The third-order valence-corrected chi connectivity index (χ3v) is 1.68. The smallest absolute Gasteiger partial charge is 0.0563 e. The lowest BCUT2D eigenvalue weighted by Gasteiger charge is -2.06. The standard InChI is InChI=1S/C8H19N.C4H10O/c1-3-5-8(2)6-4-7-9;1-4(2,3)5/h8H,3-7,9H2,1-2H3;5H,1-3H3. The van der Waals surface area contributed by atoms with Crippen LogP contribution in [0.25, 0.3) is 0 Å². The van der Waals surface area contributed by atoms with Crippen LogP contribution in [0.2, 0.25) is 0 Å². The summed E-state index contributed by atoms with van der Waals surface area (Å²) in [6, 6.07) is 0. The van der Waals surface area contributed by atoms with Crippen LogP contribution in [0.3, 0.4) is 0 Å². The minimum atomic E-state index is -0.500. The number of aliphatic hydroxyl groups is 1. The molecule has 0 aliphatic carbocycles. The van der Waals surface area contributed by atoms with E-state index >= 15 is 0 Å². The maximum atomic E-state index is 8.52. The van der Waals surface area contributed by atoms with Crippen molar-refractivity contribution >= 4 is 0 Å². The molecule has 3 N–H and O–H groups in total. The third kappa shape index (κ3) is 29.7. The fourth-order valence-corrected chi connectivity index (χ4v) is 1.10. The first-order valence-corrected chi connectivity index (χ1v) is 5.73. The van der Waals surface area contributed by atoms with E-state index in [4.69, 9.17) is 10.8 Å². The van der Waals surface area contributed by atoms with Gasteiger partial charge in [-0.15, -0.1) is 0 Å². The molecule has 0 fully saturated rings. The summed E-state index contributed by atoms with van der Waals surface area (Å²) in [5, 5.41) is 8.52. The summed E-state index contributed by atoms with van der Waals surface area (Å²) >= 11 is 0. The molecule has 0 amide bonds.